The predicted molar refractivity (Wildman–Crippen MR) is 79.6 cm³/mol. The van der Waals surface area contributed by atoms with Crippen molar-refractivity contribution in [2.75, 3.05) is 13.2 Å². The average molecular weight is 275 g/mol. The van der Waals surface area contributed by atoms with E-state index in [4.69, 9.17) is 9.47 Å². The van der Waals surface area contributed by atoms with Crippen LogP contribution in [-0.2, 0) is 15.9 Å². The van der Waals surface area contributed by atoms with E-state index in [0.29, 0.717) is 0 Å². The number of benzene rings is 1. The summed E-state index contributed by atoms with van der Waals surface area (Å²) in [5.74, 6) is -0.391. The fraction of sp³-hybridized carbons (Fsp3) is 0.647. The van der Waals surface area contributed by atoms with Crippen LogP contribution in [0.2, 0.25) is 0 Å². The molecule has 0 aromatic heterocycles. The molecule has 3 rings (SSSR count). The van der Waals surface area contributed by atoms with Gasteiger partial charge in [-0.05, 0) is 32.8 Å². The molecule has 1 N–H and O–H groups in total. The van der Waals surface area contributed by atoms with Gasteiger partial charge in [0.2, 0.25) is 0 Å². The van der Waals surface area contributed by atoms with Crippen LogP contribution in [0.5, 0.6) is 0 Å². The summed E-state index contributed by atoms with van der Waals surface area (Å²) in [7, 11) is 0. The van der Waals surface area contributed by atoms with Gasteiger partial charge in [-0.15, -0.1) is 0 Å². The van der Waals surface area contributed by atoms with Crippen molar-refractivity contribution >= 4 is 0 Å². The van der Waals surface area contributed by atoms with E-state index in [0.717, 1.165) is 32.5 Å². The molecule has 1 aromatic rings. The lowest BCUT2D eigenvalue weighted by Crippen LogP contribution is -2.65. The highest BCUT2D eigenvalue weighted by Gasteiger charge is 2.52. The molecule has 2 saturated heterocycles. The van der Waals surface area contributed by atoms with Gasteiger partial charge in [0.15, 0.2) is 5.79 Å². The maximum Gasteiger partial charge on any atom is 0.171 e. The number of rotatable bonds is 2. The van der Waals surface area contributed by atoms with Gasteiger partial charge in [-0.25, -0.2) is 0 Å². The number of nitrogens with one attached hydrogen (secondary N) is 1. The SMILES string of the molecule is CC1(C)CC2(CC(C)(Cc3ccccc3)N1)OCCO2. The molecule has 0 radical (unpaired) electrons. The second-order valence-corrected chi connectivity index (χ2v) is 7.19. The smallest absolute Gasteiger partial charge is 0.171 e. The van der Waals surface area contributed by atoms with E-state index in [9.17, 15) is 0 Å². The first-order valence-electron chi connectivity index (χ1n) is 7.52. The van der Waals surface area contributed by atoms with Crippen molar-refractivity contribution in [2.24, 2.45) is 0 Å². The summed E-state index contributed by atoms with van der Waals surface area (Å²) in [6.45, 7) is 8.20. The highest BCUT2D eigenvalue weighted by Crippen LogP contribution is 2.42. The lowest BCUT2D eigenvalue weighted by atomic mass is 9.75. The van der Waals surface area contributed by atoms with Gasteiger partial charge in [-0.2, -0.15) is 0 Å². The monoisotopic (exact) mass is 275 g/mol. The zero-order valence-electron chi connectivity index (χ0n) is 12.7. The Balaban J connectivity index is 1.83. The molecule has 0 saturated carbocycles. The third-order valence-electron chi connectivity index (χ3n) is 4.26. The maximum atomic E-state index is 5.99. The molecule has 0 bridgehead atoms. The Morgan fingerprint density at radius 3 is 2.30 bits per heavy atom. The molecule has 1 spiro atoms. The van der Waals surface area contributed by atoms with Crippen LogP contribution in [0.15, 0.2) is 30.3 Å². The van der Waals surface area contributed by atoms with Crippen molar-refractivity contribution in [1.82, 2.24) is 5.32 Å². The van der Waals surface area contributed by atoms with Crippen LogP contribution >= 0.6 is 0 Å². The molecule has 3 nitrogen and oxygen atoms in total. The quantitative estimate of drug-likeness (QED) is 0.900. The summed E-state index contributed by atoms with van der Waals surface area (Å²) in [6.07, 6.45) is 2.80. The molecule has 0 aliphatic carbocycles. The molecule has 3 heteroatoms. The van der Waals surface area contributed by atoms with Crippen molar-refractivity contribution in [3.8, 4) is 0 Å². The summed E-state index contributed by atoms with van der Waals surface area (Å²) in [5, 5.41) is 3.81. The second-order valence-electron chi connectivity index (χ2n) is 7.19. The van der Waals surface area contributed by atoms with Crippen molar-refractivity contribution in [3.05, 3.63) is 35.9 Å². The van der Waals surface area contributed by atoms with Crippen molar-refractivity contribution < 1.29 is 9.47 Å². The van der Waals surface area contributed by atoms with E-state index in [1.54, 1.807) is 0 Å². The lowest BCUT2D eigenvalue weighted by molar-refractivity contribution is -0.207. The minimum absolute atomic E-state index is 0.00650. The number of hydrogen-bond donors (Lipinski definition) is 1. The Hall–Kier alpha value is -0.900. The van der Waals surface area contributed by atoms with Crippen molar-refractivity contribution in [3.63, 3.8) is 0 Å². The van der Waals surface area contributed by atoms with Gasteiger partial charge in [0.25, 0.3) is 0 Å². The maximum absolute atomic E-state index is 5.99. The van der Waals surface area contributed by atoms with Gasteiger partial charge in [-0.1, -0.05) is 30.3 Å². The molecule has 1 atom stereocenters. The largest absolute Gasteiger partial charge is 0.347 e. The van der Waals surface area contributed by atoms with E-state index in [1.807, 2.05) is 0 Å². The predicted octanol–water partition coefficient (Wildman–Crippen LogP) is 2.89. The number of piperidine rings is 1. The molecule has 1 aromatic carbocycles. The third kappa shape index (κ3) is 2.90. The molecular formula is C17H25NO2. The van der Waals surface area contributed by atoms with E-state index in [-0.39, 0.29) is 11.1 Å². The molecule has 2 aliphatic heterocycles. The molecular weight excluding hydrogens is 250 g/mol. The van der Waals surface area contributed by atoms with Gasteiger partial charge in [0, 0.05) is 23.9 Å². The average Bonchev–Trinajstić information content (AvgIpc) is 2.74. The minimum atomic E-state index is -0.391. The molecule has 2 heterocycles. The summed E-state index contributed by atoms with van der Waals surface area (Å²) in [4.78, 5) is 0. The molecule has 1 unspecified atom stereocenters. The zero-order valence-corrected chi connectivity index (χ0v) is 12.7. The third-order valence-corrected chi connectivity index (χ3v) is 4.26. The number of ether oxygens (including phenoxy) is 2. The Bertz CT molecular complexity index is 465. The van der Waals surface area contributed by atoms with Crippen molar-refractivity contribution in [1.29, 1.82) is 0 Å². The van der Waals surface area contributed by atoms with Gasteiger partial charge >= 0.3 is 0 Å². The highest BCUT2D eigenvalue weighted by molar-refractivity contribution is 5.19. The Labute approximate surface area is 121 Å². The van der Waals surface area contributed by atoms with Crippen LogP contribution < -0.4 is 5.32 Å². The van der Waals surface area contributed by atoms with Crippen LogP contribution in [0, 0.1) is 0 Å². The van der Waals surface area contributed by atoms with Crippen LogP contribution in [0.3, 0.4) is 0 Å². The molecule has 0 amide bonds. The number of hydrogen-bond acceptors (Lipinski definition) is 3. The van der Waals surface area contributed by atoms with Crippen molar-refractivity contribution in [2.45, 2.75) is 56.9 Å². The van der Waals surface area contributed by atoms with Gasteiger partial charge in [-0.3, -0.25) is 0 Å². The van der Waals surface area contributed by atoms with E-state index in [2.05, 4.69) is 56.4 Å². The molecule has 20 heavy (non-hydrogen) atoms. The van der Waals surface area contributed by atoms with E-state index >= 15 is 0 Å². The van der Waals surface area contributed by atoms with Gasteiger partial charge in [0.1, 0.15) is 0 Å². The standard InChI is InChI=1S/C17H25NO2/c1-15(2)12-17(19-9-10-20-17)13-16(3,18-15)11-14-7-5-4-6-8-14/h4-8,18H,9-13H2,1-3H3. The first-order valence-corrected chi connectivity index (χ1v) is 7.52. The minimum Gasteiger partial charge on any atom is -0.347 e. The summed E-state index contributed by atoms with van der Waals surface area (Å²) < 4.78 is 12.0. The Morgan fingerprint density at radius 1 is 1.00 bits per heavy atom. The Kier molecular flexibility index (Phi) is 3.39. The topological polar surface area (TPSA) is 30.5 Å². The van der Waals surface area contributed by atoms with Crippen LogP contribution in [0.1, 0.15) is 39.2 Å². The summed E-state index contributed by atoms with van der Waals surface area (Å²) in [5.41, 5.74) is 1.37. The second kappa shape index (κ2) is 4.83. The van der Waals surface area contributed by atoms with Gasteiger partial charge < -0.3 is 14.8 Å². The molecule has 2 fully saturated rings. The van der Waals surface area contributed by atoms with Crippen LogP contribution in [0.4, 0.5) is 0 Å². The first kappa shape index (κ1) is 14.1. The van der Waals surface area contributed by atoms with Crippen LogP contribution in [-0.4, -0.2) is 30.1 Å². The highest BCUT2D eigenvalue weighted by atomic mass is 16.7. The van der Waals surface area contributed by atoms with Crippen LogP contribution in [0.25, 0.3) is 0 Å². The first-order chi connectivity index (χ1) is 9.41. The van der Waals surface area contributed by atoms with Gasteiger partial charge in [0.05, 0.1) is 13.2 Å². The molecule has 110 valence electrons. The summed E-state index contributed by atoms with van der Waals surface area (Å²) >= 11 is 0. The molecule has 2 aliphatic rings. The van der Waals surface area contributed by atoms with E-state index < -0.39 is 5.79 Å². The summed E-state index contributed by atoms with van der Waals surface area (Å²) in [6, 6.07) is 10.7. The fourth-order valence-electron chi connectivity index (χ4n) is 4.09. The normalized spacial score (nSPS) is 31.6. The Morgan fingerprint density at radius 2 is 1.65 bits per heavy atom. The zero-order chi connectivity index (χ0) is 14.3. The van der Waals surface area contributed by atoms with E-state index in [1.165, 1.54) is 5.56 Å². The fourth-order valence-corrected chi connectivity index (χ4v) is 4.09. The lowest BCUT2D eigenvalue weighted by Gasteiger charge is -2.51.